The Balaban J connectivity index is 1.90. The molecule has 2 N–H and O–H groups in total. The molecule has 0 saturated heterocycles. The third-order valence-electron chi connectivity index (χ3n) is 3.04. The largest absolute Gasteiger partial charge is 0.463 e. The van der Waals surface area contributed by atoms with Crippen molar-refractivity contribution in [3.05, 3.63) is 53.4 Å². The first-order chi connectivity index (χ1) is 9.87. The SMILES string of the molecule is Cc1ccc(C=CC(=O)NCC(C)(O)c2ccc(C)o2)o1. The van der Waals surface area contributed by atoms with E-state index in [0.717, 1.165) is 5.76 Å². The summed E-state index contributed by atoms with van der Waals surface area (Å²) in [6, 6.07) is 7.07. The van der Waals surface area contributed by atoms with E-state index in [2.05, 4.69) is 5.32 Å². The molecule has 0 radical (unpaired) electrons. The van der Waals surface area contributed by atoms with Crippen LogP contribution in [0.5, 0.6) is 0 Å². The van der Waals surface area contributed by atoms with Crippen molar-refractivity contribution < 1.29 is 18.7 Å². The molecular weight excluding hydrogens is 270 g/mol. The van der Waals surface area contributed by atoms with Gasteiger partial charge in [0.15, 0.2) is 0 Å². The second-order valence-electron chi connectivity index (χ2n) is 5.18. The van der Waals surface area contributed by atoms with Gasteiger partial charge in [-0.25, -0.2) is 0 Å². The second kappa shape index (κ2) is 6.01. The lowest BCUT2D eigenvalue weighted by molar-refractivity contribution is -0.117. The van der Waals surface area contributed by atoms with Crippen LogP contribution in [0.2, 0.25) is 0 Å². The summed E-state index contributed by atoms with van der Waals surface area (Å²) >= 11 is 0. The van der Waals surface area contributed by atoms with E-state index in [-0.39, 0.29) is 12.5 Å². The molecular formula is C16H19NO4. The van der Waals surface area contributed by atoms with E-state index in [4.69, 9.17) is 8.83 Å². The van der Waals surface area contributed by atoms with Crippen LogP contribution in [0.15, 0.2) is 39.2 Å². The van der Waals surface area contributed by atoms with Crippen molar-refractivity contribution in [2.24, 2.45) is 0 Å². The Morgan fingerprint density at radius 3 is 2.48 bits per heavy atom. The summed E-state index contributed by atoms with van der Waals surface area (Å²) < 4.78 is 10.7. The minimum atomic E-state index is -1.25. The zero-order chi connectivity index (χ0) is 15.5. The maximum atomic E-state index is 11.7. The Morgan fingerprint density at radius 2 is 1.90 bits per heavy atom. The van der Waals surface area contributed by atoms with Gasteiger partial charge in [0.25, 0.3) is 0 Å². The number of aliphatic hydroxyl groups is 1. The number of carbonyl (C=O) groups excluding carboxylic acids is 1. The topological polar surface area (TPSA) is 75.6 Å². The van der Waals surface area contributed by atoms with Crippen molar-refractivity contribution in [2.45, 2.75) is 26.4 Å². The van der Waals surface area contributed by atoms with Gasteiger partial charge in [0.05, 0.1) is 6.54 Å². The van der Waals surface area contributed by atoms with Gasteiger partial charge in [-0.05, 0) is 51.1 Å². The Bertz CT molecular complexity index is 649. The van der Waals surface area contributed by atoms with Crippen molar-refractivity contribution >= 4 is 12.0 Å². The average Bonchev–Trinajstić information content (AvgIpc) is 3.03. The number of aryl methyl sites for hydroxylation is 2. The number of hydrogen-bond donors (Lipinski definition) is 2. The van der Waals surface area contributed by atoms with Gasteiger partial charge in [-0.15, -0.1) is 0 Å². The summed E-state index contributed by atoms with van der Waals surface area (Å²) in [5, 5.41) is 12.9. The highest BCUT2D eigenvalue weighted by Crippen LogP contribution is 2.21. The zero-order valence-electron chi connectivity index (χ0n) is 12.3. The monoisotopic (exact) mass is 289 g/mol. The molecule has 0 saturated carbocycles. The fourth-order valence-electron chi connectivity index (χ4n) is 1.83. The lowest BCUT2D eigenvalue weighted by Crippen LogP contribution is -2.37. The highest BCUT2D eigenvalue weighted by molar-refractivity contribution is 5.91. The predicted octanol–water partition coefficient (Wildman–Crippen LogP) is 2.53. The van der Waals surface area contributed by atoms with Crippen LogP contribution in [0.3, 0.4) is 0 Å². The Hall–Kier alpha value is -2.27. The molecule has 0 aliphatic carbocycles. The third kappa shape index (κ3) is 4.10. The quantitative estimate of drug-likeness (QED) is 0.829. The van der Waals surface area contributed by atoms with E-state index in [1.54, 1.807) is 38.1 Å². The molecule has 0 aliphatic rings. The smallest absolute Gasteiger partial charge is 0.244 e. The number of rotatable bonds is 5. The summed E-state index contributed by atoms with van der Waals surface area (Å²) in [4.78, 5) is 11.7. The Morgan fingerprint density at radius 1 is 1.24 bits per heavy atom. The van der Waals surface area contributed by atoms with Crippen molar-refractivity contribution in [2.75, 3.05) is 6.54 Å². The van der Waals surface area contributed by atoms with Crippen molar-refractivity contribution in [1.29, 1.82) is 0 Å². The van der Waals surface area contributed by atoms with Crippen molar-refractivity contribution in [3.63, 3.8) is 0 Å². The van der Waals surface area contributed by atoms with E-state index in [1.165, 1.54) is 6.08 Å². The third-order valence-corrected chi connectivity index (χ3v) is 3.04. The van der Waals surface area contributed by atoms with Crippen LogP contribution in [-0.2, 0) is 10.4 Å². The van der Waals surface area contributed by atoms with Crippen LogP contribution in [0.1, 0.15) is 30.0 Å². The average molecular weight is 289 g/mol. The fraction of sp³-hybridized carbons (Fsp3) is 0.312. The molecule has 0 bridgehead atoms. The molecule has 5 nitrogen and oxygen atoms in total. The van der Waals surface area contributed by atoms with Crippen LogP contribution in [0.4, 0.5) is 0 Å². The standard InChI is InChI=1S/C16H19NO4/c1-11-4-6-13(20-11)7-9-15(18)17-10-16(3,19)14-8-5-12(2)21-14/h4-9,19H,10H2,1-3H3,(H,17,18). The maximum absolute atomic E-state index is 11.7. The van der Waals surface area contributed by atoms with Gasteiger partial charge in [-0.2, -0.15) is 0 Å². The highest BCUT2D eigenvalue weighted by Gasteiger charge is 2.27. The fourth-order valence-corrected chi connectivity index (χ4v) is 1.83. The van der Waals surface area contributed by atoms with Gasteiger partial charge >= 0.3 is 0 Å². The minimum Gasteiger partial charge on any atom is -0.463 e. The lowest BCUT2D eigenvalue weighted by atomic mass is 10.0. The summed E-state index contributed by atoms with van der Waals surface area (Å²) in [6.45, 7) is 5.28. The Kier molecular flexibility index (Phi) is 4.33. The summed E-state index contributed by atoms with van der Waals surface area (Å²) in [5.41, 5.74) is -1.25. The molecule has 0 aromatic carbocycles. The number of nitrogens with one attached hydrogen (secondary N) is 1. The molecule has 2 rings (SSSR count). The molecule has 1 atom stereocenters. The first-order valence-corrected chi connectivity index (χ1v) is 6.68. The second-order valence-corrected chi connectivity index (χ2v) is 5.18. The van der Waals surface area contributed by atoms with E-state index in [9.17, 15) is 9.90 Å². The van der Waals surface area contributed by atoms with Crippen molar-refractivity contribution in [3.8, 4) is 0 Å². The number of carbonyl (C=O) groups is 1. The molecule has 1 amide bonds. The van der Waals surface area contributed by atoms with E-state index < -0.39 is 5.60 Å². The minimum absolute atomic E-state index is 0.0559. The first kappa shape index (κ1) is 15.1. The van der Waals surface area contributed by atoms with E-state index in [0.29, 0.717) is 17.3 Å². The molecule has 0 spiro atoms. The van der Waals surface area contributed by atoms with E-state index in [1.807, 2.05) is 13.0 Å². The van der Waals surface area contributed by atoms with Gasteiger partial charge in [-0.1, -0.05) is 0 Å². The molecule has 0 aliphatic heterocycles. The molecule has 0 fully saturated rings. The maximum Gasteiger partial charge on any atom is 0.244 e. The summed E-state index contributed by atoms with van der Waals surface area (Å²) in [6.07, 6.45) is 2.94. The Labute approximate surface area is 123 Å². The molecule has 5 heteroatoms. The zero-order valence-corrected chi connectivity index (χ0v) is 12.3. The van der Waals surface area contributed by atoms with Gasteiger partial charge in [0.1, 0.15) is 28.6 Å². The number of amides is 1. The van der Waals surface area contributed by atoms with Gasteiger partial charge in [-0.3, -0.25) is 4.79 Å². The van der Waals surface area contributed by atoms with Gasteiger partial charge in [0, 0.05) is 6.08 Å². The summed E-state index contributed by atoms with van der Waals surface area (Å²) in [5.74, 6) is 2.21. The molecule has 2 heterocycles. The molecule has 1 unspecified atom stereocenters. The molecule has 2 aromatic heterocycles. The first-order valence-electron chi connectivity index (χ1n) is 6.68. The van der Waals surface area contributed by atoms with Crippen molar-refractivity contribution in [1.82, 2.24) is 5.32 Å². The van der Waals surface area contributed by atoms with Crippen LogP contribution in [0, 0.1) is 13.8 Å². The highest BCUT2D eigenvalue weighted by atomic mass is 16.4. The molecule has 2 aromatic rings. The number of hydrogen-bond acceptors (Lipinski definition) is 4. The predicted molar refractivity (Wildman–Crippen MR) is 78.5 cm³/mol. The van der Waals surface area contributed by atoms with Gasteiger partial charge in [0.2, 0.25) is 5.91 Å². The van der Waals surface area contributed by atoms with E-state index >= 15 is 0 Å². The molecule has 112 valence electrons. The normalized spacial score (nSPS) is 14.3. The van der Waals surface area contributed by atoms with Crippen LogP contribution < -0.4 is 5.32 Å². The summed E-state index contributed by atoms with van der Waals surface area (Å²) in [7, 11) is 0. The van der Waals surface area contributed by atoms with Crippen LogP contribution in [-0.4, -0.2) is 17.6 Å². The number of furan rings is 2. The lowest BCUT2D eigenvalue weighted by Gasteiger charge is -2.20. The van der Waals surface area contributed by atoms with Crippen LogP contribution >= 0.6 is 0 Å². The van der Waals surface area contributed by atoms with Crippen LogP contribution in [0.25, 0.3) is 6.08 Å². The molecule has 21 heavy (non-hydrogen) atoms. The van der Waals surface area contributed by atoms with Gasteiger partial charge < -0.3 is 19.3 Å².